The number of ether oxygens (including phenoxy) is 3. The third-order valence-electron chi connectivity index (χ3n) is 3.42. The van der Waals surface area contributed by atoms with Crippen LogP contribution in [0.4, 0.5) is 5.69 Å². The molecule has 0 spiro atoms. The van der Waals surface area contributed by atoms with Crippen LogP contribution in [0.1, 0.15) is 31.4 Å². The molecule has 1 aromatic rings. The van der Waals surface area contributed by atoms with Crippen LogP contribution in [0.3, 0.4) is 0 Å². The maximum Gasteiger partial charge on any atom is 0.305 e. The summed E-state index contributed by atoms with van der Waals surface area (Å²) < 4.78 is 15.3. The van der Waals surface area contributed by atoms with Crippen LogP contribution in [0, 0.1) is 10.1 Å². The number of methoxy groups -OCH3 is 2. The molecule has 1 rings (SSSR count). The maximum absolute atomic E-state index is 11.3. The van der Waals surface area contributed by atoms with Gasteiger partial charge in [-0.15, -0.1) is 0 Å². The summed E-state index contributed by atoms with van der Waals surface area (Å²) in [5.74, 6) is 0.353. The summed E-state index contributed by atoms with van der Waals surface area (Å²) in [7, 11) is 4.51. The second kappa shape index (κ2) is 8.94. The lowest BCUT2D eigenvalue weighted by molar-refractivity contribution is -0.385. The average molecular weight is 326 g/mol. The molecule has 0 fully saturated rings. The van der Waals surface area contributed by atoms with Crippen LogP contribution in [0.25, 0.3) is 0 Å². The number of nitrogens with one attached hydrogen (secondary N) is 1. The van der Waals surface area contributed by atoms with E-state index in [9.17, 15) is 14.9 Å². The normalized spacial score (nSPS) is 11.7. The van der Waals surface area contributed by atoms with Gasteiger partial charge in [-0.05, 0) is 26.5 Å². The smallest absolute Gasteiger partial charge is 0.305 e. The lowest BCUT2D eigenvalue weighted by Crippen LogP contribution is -2.14. The lowest BCUT2D eigenvalue weighted by atomic mass is 10.1. The number of carbonyl (C=O) groups is 1. The first kappa shape index (κ1) is 18.7. The molecule has 0 aromatic heterocycles. The lowest BCUT2D eigenvalue weighted by Gasteiger charge is -2.16. The molecule has 0 aliphatic carbocycles. The molecule has 0 amide bonds. The van der Waals surface area contributed by atoms with Crippen LogP contribution >= 0.6 is 0 Å². The largest absolute Gasteiger partial charge is 0.493 e. The van der Waals surface area contributed by atoms with Crippen LogP contribution in [0.5, 0.6) is 11.5 Å². The number of nitro groups is 1. The van der Waals surface area contributed by atoms with Gasteiger partial charge in [-0.1, -0.05) is 0 Å². The van der Waals surface area contributed by atoms with Crippen LogP contribution in [0.15, 0.2) is 12.1 Å². The topological polar surface area (TPSA) is 99.9 Å². The Morgan fingerprint density at radius 2 is 2.04 bits per heavy atom. The highest BCUT2D eigenvalue weighted by molar-refractivity contribution is 5.69. The Hall–Kier alpha value is -2.35. The third-order valence-corrected chi connectivity index (χ3v) is 3.42. The molecule has 1 atom stereocenters. The van der Waals surface area contributed by atoms with Crippen LogP contribution < -0.4 is 14.8 Å². The average Bonchev–Trinajstić information content (AvgIpc) is 2.56. The summed E-state index contributed by atoms with van der Waals surface area (Å²) in [5.41, 5.74) is 0.465. The molecular formula is C15H22N2O6. The van der Waals surface area contributed by atoms with E-state index < -0.39 is 4.92 Å². The summed E-state index contributed by atoms with van der Waals surface area (Å²) in [6, 6.07) is 2.73. The van der Waals surface area contributed by atoms with Crippen molar-refractivity contribution in [2.24, 2.45) is 0 Å². The van der Waals surface area contributed by atoms with Gasteiger partial charge in [-0.2, -0.15) is 0 Å². The van der Waals surface area contributed by atoms with Crippen molar-refractivity contribution in [3.05, 3.63) is 27.8 Å². The van der Waals surface area contributed by atoms with Gasteiger partial charge >= 0.3 is 5.97 Å². The van der Waals surface area contributed by atoms with Crippen molar-refractivity contribution in [2.75, 3.05) is 27.9 Å². The molecule has 8 heteroatoms. The van der Waals surface area contributed by atoms with E-state index in [4.69, 9.17) is 9.47 Å². The van der Waals surface area contributed by atoms with E-state index in [-0.39, 0.29) is 36.5 Å². The van der Waals surface area contributed by atoms with Crippen LogP contribution in [0.2, 0.25) is 0 Å². The van der Waals surface area contributed by atoms with Gasteiger partial charge in [-0.3, -0.25) is 14.9 Å². The molecule has 1 N–H and O–H groups in total. The number of carbonyl (C=O) groups excluding carboxylic acids is 1. The van der Waals surface area contributed by atoms with Crippen molar-refractivity contribution in [1.29, 1.82) is 0 Å². The van der Waals surface area contributed by atoms with Crippen molar-refractivity contribution in [3.63, 3.8) is 0 Å². The molecule has 128 valence electrons. The van der Waals surface area contributed by atoms with Gasteiger partial charge in [0.1, 0.15) is 0 Å². The van der Waals surface area contributed by atoms with Crippen molar-refractivity contribution in [3.8, 4) is 11.5 Å². The highest BCUT2D eigenvalue weighted by atomic mass is 16.6. The van der Waals surface area contributed by atoms with Crippen molar-refractivity contribution in [1.82, 2.24) is 5.32 Å². The van der Waals surface area contributed by atoms with E-state index >= 15 is 0 Å². The second-order valence-corrected chi connectivity index (χ2v) is 4.86. The molecule has 0 aliphatic rings. The number of benzene rings is 1. The highest BCUT2D eigenvalue weighted by Gasteiger charge is 2.23. The first-order valence-corrected chi connectivity index (χ1v) is 7.17. The van der Waals surface area contributed by atoms with E-state index in [1.54, 1.807) is 13.1 Å². The van der Waals surface area contributed by atoms with Gasteiger partial charge in [-0.25, -0.2) is 0 Å². The summed E-state index contributed by atoms with van der Waals surface area (Å²) in [6.45, 7) is 2.04. The molecule has 23 heavy (non-hydrogen) atoms. The fourth-order valence-corrected chi connectivity index (χ4v) is 2.00. The zero-order chi connectivity index (χ0) is 17.4. The zero-order valence-corrected chi connectivity index (χ0v) is 13.8. The highest BCUT2D eigenvalue weighted by Crippen LogP contribution is 2.37. The van der Waals surface area contributed by atoms with Gasteiger partial charge < -0.3 is 19.5 Å². The fraction of sp³-hybridized carbons (Fsp3) is 0.533. The molecule has 0 aliphatic heterocycles. The summed E-state index contributed by atoms with van der Waals surface area (Å²) >= 11 is 0. The summed E-state index contributed by atoms with van der Waals surface area (Å²) in [4.78, 5) is 21.9. The SMILES string of the molecule is CNC(C)c1cc(OC)c(OCCCC(=O)OC)cc1[N+](=O)[O-]. The Bertz CT molecular complexity index is 561. The Labute approximate surface area is 134 Å². The van der Waals surface area contributed by atoms with Crippen LogP contribution in [-0.2, 0) is 9.53 Å². The second-order valence-electron chi connectivity index (χ2n) is 4.86. The Balaban J connectivity index is 2.96. The summed E-state index contributed by atoms with van der Waals surface area (Å²) in [5, 5.41) is 14.2. The van der Waals surface area contributed by atoms with E-state index in [0.717, 1.165) is 0 Å². The third kappa shape index (κ3) is 5.10. The minimum atomic E-state index is -0.454. The van der Waals surface area contributed by atoms with Gasteiger partial charge in [0, 0.05) is 12.5 Å². The zero-order valence-electron chi connectivity index (χ0n) is 13.8. The number of hydrogen-bond acceptors (Lipinski definition) is 7. The standard InChI is InChI=1S/C15H22N2O6/c1-10(16-2)11-8-13(21-3)14(9-12(11)17(19)20)23-7-5-6-15(18)22-4/h8-10,16H,5-7H2,1-4H3. The number of esters is 1. The van der Waals surface area contributed by atoms with E-state index in [2.05, 4.69) is 10.1 Å². The van der Waals surface area contributed by atoms with Crippen molar-refractivity contribution < 1.29 is 23.9 Å². The summed E-state index contributed by atoms with van der Waals surface area (Å²) in [6.07, 6.45) is 0.661. The Kier molecular flexibility index (Phi) is 7.27. The van der Waals surface area contributed by atoms with E-state index in [1.807, 2.05) is 6.92 Å². The first-order chi connectivity index (χ1) is 10.9. The number of hydrogen-bond donors (Lipinski definition) is 1. The maximum atomic E-state index is 11.3. The van der Waals surface area contributed by atoms with Gasteiger partial charge in [0.25, 0.3) is 5.69 Å². The van der Waals surface area contributed by atoms with E-state index in [1.165, 1.54) is 20.3 Å². The Morgan fingerprint density at radius 1 is 1.35 bits per heavy atom. The molecule has 8 nitrogen and oxygen atoms in total. The number of rotatable bonds is 9. The molecule has 0 saturated heterocycles. The van der Waals surface area contributed by atoms with Gasteiger partial charge in [0.15, 0.2) is 11.5 Å². The van der Waals surface area contributed by atoms with Crippen molar-refractivity contribution in [2.45, 2.75) is 25.8 Å². The molecular weight excluding hydrogens is 304 g/mol. The monoisotopic (exact) mass is 326 g/mol. The number of nitro benzene ring substituents is 1. The molecule has 1 aromatic carbocycles. The van der Waals surface area contributed by atoms with Gasteiger partial charge in [0.05, 0.1) is 37.4 Å². The Morgan fingerprint density at radius 3 is 2.57 bits per heavy atom. The minimum Gasteiger partial charge on any atom is -0.493 e. The predicted molar refractivity (Wildman–Crippen MR) is 83.9 cm³/mol. The number of nitrogens with zero attached hydrogens (tertiary/aromatic N) is 1. The molecule has 0 saturated carbocycles. The molecule has 0 heterocycles. The first-order valence-electron chi connectivity index (χ1n) is 7.17. The predicted octanol–water partition coefficient (Wildman–Crippen LogP) is 2.22. The van der Waals surface area contributed by atoms with Crippen LogP contribution in [-0.4, -0.2) is 38.8 Å². The van der Waals surface area contributed by atoms with Gasteiger partial charge in [0.2, 0.25) is 0 Å². The minimum absolute atomic E-state index is 0.0457. The molecule has 0 radical (unpaired) electrons. The molecule has 1 unspecified atom stereocenters. The fourth-order valence-electron chi connectivity index (χ4n) is 2.00. The van der Waals surface area contributed by atoms with E-state index in [0.29, 0.717) is 17.7 Å². The quantitative estimate of drug-likeness (QED) is 0.321. The van der Waals surface area contributed by atoms with Crippen molar-refractivity contribution >= 4 is 11.7 Å². The molecule has 0 bridgehead atoms.